The lowest BCUT2D eigenvalue weighted by molar-refractivity contribution is 0.0285. The molecule has 2 aromatic rings. The Morgan fingerprint density at radius 1 is 0.679 bits per heavy atom. The summed E-state index contributed by atoms with van der Waals surface area (Å²) >= 11 is 0. The van der Waals surface area contributed by atoms with Crippen LogP contribution in [-0.2, 0) is 9.47 Å². The predicted octanol–water partition coefficient (Wildman–Crippen LogP) is 4.91. The van der Waals surface area contributed by atoms with Crippen LogP contribution in [-0.4, -0.2) is 38.4 Å². The molecule has 0 N–H and O–H groups in total. The highest BCUT2D eigenvalue weighted by Gasteiger charge is 2.18. The first-order valence-corrected chi connectivity index (χ1v) is 7.80. The molecule has 0 bridgehead atoms. The van der Waals surface area contributed by atoms with E-state index in [1.165, 1.54) is 36.4 Å². The number of halogens is 4. The largest absolute Gasteiger partial charge is 0.514 e. The first-order chi connectivity index (χ1) is 13.4. The molecule has 0 aromatic heterocycles. The molecule has 0 radical (unpaired) electrons. The van der Waals surface area contributed by atoms with Gasteiger partial charge < -0.3 is 18.9 Å². The third kappa shape index (κ3) is 6.45. The first kappa shape index (κ1) is 21.0. The molecule has 0 fully saturated rings. The zero-order chi connectivity index (χ0) is 20.5. The van der Waals surface area contributed by atoms with Crippen molar-refractivity contribution in [1.29, 1.82) is 0 Å². The second-order valence-electron chi connectivity index (χ2n) is 5.10. The number of alkyl halides is 4. The fourth-order valence-corrected chi connectivity index (χ4v) is 2.06. The second kappa shape index (κ2) is 10.1. The third-order valence-electron chi connectivity index (χ3n) is 3.11. The van der Waals surface area contributed by atoms with Crippen LogP contribution in [0.5, 0.6) is 11.5 Å². The highest BCUT2D eigenvalue weighted by Crippen LogP contribution is 2.36. The van der Waals surface area contributed by atoms with Crippen LogP contribution in [0, 0.1) is 0 Å². The fraction of sp³-hybridized carbons (Fsp3) is 0.222. The molecule has 0 amide bonds. The van der Waals surface area contributed by atoms with E-state index in [2.05, 4.69) is 9.47 Å². The SMILES string of the molecule is O=C(OCC(F)F)Oc1ccccc1-c1ccccc1OC(=O)OCC(F)F. The summed E-state index contributed by atoms with van der Waals surface area (Å²) in [5, 5.41) is 0. The molecule has 0 spiro atoms. The minimum Gasteiger partial charge on any atom is -0.428 e. The highest BCUT2D eigenvalue weighted by molar-refractivity contribution is 5.80. The number of rotatable bonds is 7. The van der Waals surface area contributed by atoms with Gasteiger partial charge in [-0.1, -0.05) is 36.4 Å². The Bertz CT molecular complexity index is 745. The maximum atomic E-state index is 12.1. The van der Waals surface area contributed by atoms with Crippen molar-refractivity contribution < 1.29 is 46.1 Å². The summed E-state index contributed by atoms with van der Waals surface area (Å²) in [6.45, 7) is -2.26. The van der Waals surface area contributed by atoms with E-state index in [1.807, 2.05) is 0 Å². The summed E-state index contributed by atoms with van der Waals surface area (Å²) in [5.41, 5.74) is 0.516. The van der Waals surface area contributed by atoms with Gasteiger partial charge in [-0.15, -0.1) is 0 Å². The van der Waals surface area contributed by atoms with Crippen LogP contribution >= 0.6 is 0 Å². The molecule has 6 nitrogen and oxygen atoms in total. The number of carbonyl (C=O) groups excluding carboxylic acids is 2. The topological polar surface area (TPSA) is 71.1 Å². The molecule has 0 unspecified atom stereocenters. The molecule has 2 rings (SSSR count). The molecule has 0 aliphatic carbocycles. The van der Waals surface area contributed by atoms with E-state index in [1.54, 1.807) is 12.1 Å². The first-order valence-electron chi connectivity index (χ1n) is 7.80. The van der Waals surface area contributed by atoms with E-state index >= 15 is 0 Å². The maximum Gasteiger partial charge on any atom is 0.514 e. The lowest BCUT2D eigenvalue weighted by Gasteiger charge is -2.13. The Hall–Kier alpha value is -3.30. The number of hydrogen-bond acceptors (Lipinski definition) is 6. The van der Waals surface area contributed by atoms with Gasteiger partial charge in [0.25, 0.3) is 12.9 Å². The van der Waals surface area contributed by atoms with Crippen LogP contribution in [0.25, 0.3) is 11.1 Å². The molecule has 0 heterocycles. The van der Waals surface area contributed by atoms with E-state index in [0.717, 1.165) is 0 Å². The molecule has 0 saturated carbocycles. The van der Waals surface area contributed by atoms with Gasteiger partial charge in [-0.2, -0.15) is 0 Å². The van der Waals surface area contributed by atoms with E-state index in [0.29, 0.717) is 0 Å². The summed E-state index contributed by atoms with van der Waals surface area (Å²) in [4.78, 5) is 23.1. The van der Waals surface area contributed by atoms with Gasteiger partial charge in [0.2, 0.25) is 0 Å². The van der Waals surface area contributed by atoms with Gasteiger partial charge in [0.05, 0.1) is 0 Å². The van der Waals surface area contributed by atoms with Crippen molar-refractivity contribution in [2.24, 2.45) is 0 Å². The van der Waals surface area contributed by atoms with E-state index in [-0.39, 0.29) is 22.6 Å². The van der Waals surface area contributed by atoms with Gasteiger partial charge in [0, 0.05) is 11.1 Å². The quantitative estimate of drug-likeness (QED) is 0.372. The van der Waals surface area contributed by atoms with Crippen LogP contribution in [0.1, 0.15) is 0 Å². The van der Waals surface area contributed by atoms with E-state index in [4.69, 9.17) is 9.47 Å². The molecular formula is C18H14F4O6. The Balaban J connectivity index is 2.21. The predicted molar refractivity (Wildman–Crippen MR) is 87.8 cm³/mol. The Labute approximate surface area is 156 Å². The summed E-state index contributed by atoms with van der Waals surface area (Å²) in [7, 11) is 0. The second-order valence-corrected chi connectivity index (χ2v) is 5.10. The van der Waals surface area contributed by atoms with Crippen molar-refractivity contribution in [3.8, 4) is 22.6 Å². The molecule has 150 valence electrons. The molecule has 0 aliphatic heterocycles. The minimum atomic E-state index is -2.85. The van der Waals surface area contributed by atoms with E-state index < -0.39 is 38.4 Å². The Morgan fingerprint density at radius 2 is 1.04 bits per heavy atom. The average molecular weight is 402 g/mol. The lowest BCUT2D eigenvalue weighted by atomic mass is 10.0. The molecule has 0 atom stereocenters. The molecule has 28 heavy (non-hydrogen) atoms. The number of hydrogen-bond donors (Lipinski definition) is 0. The Morgan fingerprint density at radius 3 is 1.39 bits per heavy atom. The minimum absolute atomic E-state index is 0.0567. The average Bonchev–Trinajstić information content (AvgIpc) is 2.66. The number of para-hydroxylation sites is 2. The number of benzene rings is 2. The number of ether oxygens (including phenoxy) is 4. The van der Waals surface area contributed by atoms with Crippen LogP contribution in [0.15, 0.2) is 48.5 Å². The van der Waals surface area contributed by atoms with Gasteiger partial charge in [-0.25, -0.2) is 27.2 Å². The molecule has 0 aliphatic rings. The summed E-state index contributed by atoms with van der Waals surface area (Å²) in [5.74, 6) is -0.113. The van der Waals surface area contributed by atoms with Crippen molar-refractivity contribution in [3.63, 3.8) is 0 Å². The van der Waals surface area contributed by atoms with Crippen LogP contribution in [0.4, 0.5) is 27.2 Å². The van der Waals surface area contributed by atoms with Gasteiger partial charge >= 0.3 is 12.3 Å². The molecule has 10 heteroatoms. The van der Waals surface area contributed by atoms with Crippen LogP contribution in [0.2, 0.25) is 0 Å². The van der Waals surface area contributed by atoms with Gasteiger partial charge in [-0.3, -0.25) is 0 Å². The van der Waals surface area contributed by atoms with Crippen molar-refractivity contribution in [3.05, 3.63) is 48.5 Å². The van der Waals surface area contributed by atoms with Gasteiger partial charge in [-0.05, 0) is 12.1 Å². The normalized spacial score (nSPS) is 10.6. The summed E-state index contributed by atoms with van der Waals surface area (Å²) < 4.78 is 66.9. The monoisotopic (exact) mass is 402 g/mol. The van der Waals surface area contributed by atoms with Crippen molar-refractivity contribution in [2.75, 3.05) is 13.2 Å². The van der Waals surface area contributed by atoms with Crippen molar-refractivity contribution in [1.82, 2.24) is 0 Å². The fourth-order valence-electron chi connectivity index (χ4n) is 2.06. The summed E-state index contributed by atoms with van der Waals surface area (Å²) in [6, 6.07) is 11.9. The molecule has 2 aromatic carbocycles. The smallest absolute Gasteiger partial charge is 0.428 e. The van der Waals surface area contributed by atoms with Crippen LogP contribution in [0.3, 0.4) is 0 Å². The zero-order valence-corrected chi connectivity index (χ0v) is 14.1. The van der Waals surface area contributed by atoms with Crippen LogP contribution < -0.4 is 9.47 Å². The highest BCUT2D eigenvalue weighted by atomic mass is 19.3. The van der Waals surface area contributed by atoms with E-state index in [9.17, 15) is 27.2 Å². The van der Waals surface area contributed by atoms with Gasteiger partial charge in [0.15, 0.2) is 13.2 Å². The standard InChI is InChI=1S/C18H14F4O6/c19-15(20)9-25-17(23)27-13-7-3-1-5-11(13)12-6-2-4-8-14(12)28-18(24)26-10-16(21)22/h1-8,15-16H,9-10H2. The van der Waals surface area contributed by atoms with Crippen molar-refractivity contribution >= 4 is 12.3 Å². The molecule has 0 saturated heterocycles. The maximum absolute atomic E-state index is 12.1. The van der Waals surface area contributed by atoms with Gasteiger partial charge in [0.1, 0.15) is 11.5 Å². The zero-order valence-electron chi connectivity index (χ0n) is 14.1. The number of carbonyl (C=O) groups is 2. The lowest BCUT2D eigenvalue weighted by Crippen LogP contribution is -2.16. The summed E-state index contributed by atoms with van der Waals surface area (Å²) in [6.07, 6.45) is -8.39. The Kier molecular flexibility index (Phi) is 7.61. The molecular weight excluding hydrogens is 388 g/mol. The van der Waals surface area contributed by atoms with Crippen molar-refractivity contribution in [2.45, 2.75) is 12.9 Å². The third-order valence-corrected chi connectivity index (χ3v) is 3.11.